The van der Waals surface area contributed by atoms with E-state index in [0.717, 1.165) is 5.56 Å². The second kappa shape index (κ2) is 5.71. The second-order valence-corrected chi connectivity index (χ2v) is 3.53. The SMILES string of the molecule is CC(C)N=[N+]([O-])OCc1ccc(C#N)cc1. The highest BCUT2D eigenvalue weighted by atomic mass is 16.9. The lowest BCUT2D eigenvalue weighted by Gasteiger charge is -2.04. The Balaban J connectivity index is 2.52. The fourth-order valence-electron chi connectivity index (χ4n) is 1.03. The van der Waals surface area contributed by atoms with E-state index >= 15 is 0 Å². The van der Waals surface area contributed by atoms with Crippen LogP contribution in [0.3, 0.4) is 0 Å². The van der Waals surface area contributed by atoms with Crippen molar-refractivity contribution in [2.45, 2.75) is 26.5 Å². The first kappa shape index (κ1) is 12.0. The van der Waals surface area contributed by atoms with E-state index in [1.54, 1.807) is 38.1 Å². The van der Waals surface area contributed by atoms with Gasteiger partial charge in [0.05, 0.1) is 18.2 Å². The predicted molar refractivity (Wildman–Crippen MR) is 57.1 cm³/mol. The molecule has 5 nitrogen and oxygen atoms in total. The molecule has 1 aromatic carbocycles. The van der Waals surface area contributed by atoms with Crippen LogP contribution in [0.4, 0.5) is 0 Å². The molecule has 0 unspecified atom stereocenters. The lowest BCUT2D eigenvalue weighted by molar-refractivity contribution is -0.797. The zero-order chi connectivity index (χ0) is 12.0. The number of hydrogen-bond donors (Lipinski definition) is 0. The van der Waals surface area contributed by atoms with E-state index in [9.17, 15) is 5.21 Å². The minimum atomic E-state index is -0.0986. The molecule has 84 valence electrons. The maximum atomic E-state index is 11.0. The van der Waals surface area contributed by atoms with E-state index in [-0.39, 0.29) is 17.7 Å². The van der Waals surface area contributed by atoms with Gasteiger partial charge in [0.2, 0.25) is 0 Å². The zero-order valence-corrected chi connectivity index (χ0v) is 9.25. The Kier molecular flexibility index (Phi) is 4.28. The van der Waals surface area contributed by atoms with Gasteiger partial charge in [-0.2, -0.15) is 5.26 Å². The molecule has 0 atom stereocenters. The van der Waals surface area contributed by atoms with E-state index in [0.29, 0.717) is 5.56 Å². The summed E-state index contributed by atoms with van der Waals surface area (Å²) in [6, 6.07) is 8.74. The molecule has 0 heterocycles. The minimum Gasteiger partial charge on any atom is -0.376 e. The molecular formula is C11H13N3O2. The Morgan fingerprint density at radius 2 is 2.06 bits per heavy atom. The van der Waals surface area contributed by atoms with E-state index in [1.807, 2.05) is 6.07 Å². The molecule has 0 N–H and O–H groups in total. The van der Waals surface area contributed by atoms with Crippen molar-refractivity contribution < 1.29 is 9.86 Å². The topological polar surface area (TPSA) is 71.4 Å². The van der Waals surface area contributed by atoms with E-state index in [4.69, 9.17) is 10.1 Å². The number of hydrogen-bond acceptors (Lipinski definition) is 4. The molecule has 5 heteroatoms. The number of nitrogens with zero attached hydrogens (tertiary/aromatic N) is 3. The maximum absolute atomic E-state index is 11.0. The van der Waals surface area contributed by atoms with Crippen molar-refractivity contribution in [1.82, 2.24) is 0 Å². The third-order valence-corrected chi connectivity index (χ3v) is 1.75. The summed E-state index contributed by atoms with van der Waals surface area (Å²) in [5, 5.41) is 23.5. The average molecular weight is 219 g/mol. The van der Waals surface area contributed by atoms with Gasteiger partial charge in [-0.25, -0.2) is 5.21 Å². The van der Waals surface area contributed by atoms with Crippen molar-refractivity contribution in [3.63, 3.8) is 0 Å². The fourth-order valence-corrected chi connectivity index (χ4v) is 1.03. The van der Waals surface area contributed by atoms with Crippen LogP contribution in [0.15, 0.2) is 29.4 Å². The van der Waals surface area contributed by atoms with Crippen molar-refractivity contribution in [2.75, 3.05) is 0 Å². The highest BCUT2D eigenvalue weighted by molar-refractivity contribution is 5.31. The van der Waals surface area contributed by atoms with Crippen molar-refractivity contribution in [3.8, 4) is 6.07 Å². The Morgan fingerprint density at radius 3 is 2.56 bits per heavy atom. The first-order chi connectivity index (χ1) is 7.61. The van der Waals surface area contributed by atoms with Crippen LogP contribution in [0.5, 0.6) is 0 Å². The molecular weight excluding hydrogens is 206 g/mol. The van der Waals surface area contributed by atoms with Crippen LogP contribution >= 0.6 is 0 Å². The Hall–Kier alpha value is -2.09. The minimum absolute atomic E-state index is 0.0986. The summed E-state index contributed by atoms with van der Waals surface area (Å²) in [5.74, 6) is 0. The van der Waals surface area contributed by atoms with Crippen LogP contribution in [0.2, 0.25) is 0 Å². The molecule has 0 bridgehead atoms. The lowest BCUT2D eigenvalue weighted by Crippen LogP contribution is -2.06. The Bertz CT molecular complexity index is 404. The summed E-state index contributed by atoms with van der Waals surface area (Å²) in [6.07, 6.45) is 0. The first-order valence-corrected chi connectivity index (χ1v) is 4.92. The molecule has 1 aromatic rings. The standard InChI is InChI=1S/C11H13N3O2/c1-9(2)13-14(15)16-8-11-5-3-10(7-12)4-6-11/h3-6,9H,8H2,1-2H3. The van der Waals surface area contributed by atoms with Gasteiger partial charge in [0.1, 0.15) is 6.04 Å². The molecule has 0 aliphatic rings. The Morgan fingerprint density at radius 1 is 1.44 bits per heavy atom. The van der Waals surface area contributed by atoms with Crippen molar-refractivity contribution in [3.05, 3.63) is 40.6 Å². The third-order valence-electron chi connectivity index (χ3n) is 1.75. The van der Waals surface area contributed by atoms with Gasteiger partial charge in [-0.1, -0.05) is 12.1 Å². The molecule has 0 aromatic heterocycles. The molecule has 0 fully saturated rings. The third kappa shape index (κ3) is 3.96. The van der Waals surface area contributed by atoms with E-state index in [2.05, 4.69) is 5.11 Å². The van der Waals surface area contributed by atoms with Gasteiger partial charge in [0, 0.05) is 5.11 Å². The average Bonchev–Trinajstić information content (AvgIpc) is 2.26. The molecule has 0 spiro atoms. The maximum Gasteiger partial charge on any atom is 0.169 e. The summed E-state index contributed by atoms with van der Waals surface area (Å²) in [4.78, 5) is 4.84. The van der Waals surface area contributed by atoms with Crippen LogP contribution in [0.1, 0.15) is 25.0 Å². The second-order valence-electron chi connectivity index (χ2n) is 3.53. The lowest BCUT2D eigenvalue weighted by atomic mass is 10.2. The van der Waals surface area contributed by atoms with Crippen molar-refractivity contribution in [2.24, 2.45) is 5.11 Å². The van der Waals surface area contributed by atoms with Gasteiger partial charge in [-0.05, 0) is 31.5 Å². The van der Waals surface area contributed by atoms with Gasteiger partial charge < -0.3 is 4.84 Å². The summed E-state index contributed by atoms with van der Waals surface area (Å²) < 4.78 is 0. The highest BCUT2D eigenvalue weighted by Crippen LogP contribution is 2.05. The molecule has 16 heavy (non-hydrogen) atoms. The van der Waals surface area contributed by atoms with E-state index < -0.39 is 0 Å². The monoisotopic (exact) mass is 219 g/mol. The van der Waals surface area contributed by atoms with Gasteiger partial charge in [-0.3, -0.25) is 0 Å². The molecule has 1 rings (SSSR count). The number of benzene rings is 1. The fraction of sp³-hybridized carbons (Fsp3) is 0.364. The molecule has 0 saturated carbocycles. The quantitative estimate of drug-likeness (QED) is 0.576. The molecule has 0 amide bonds. The van der Waals surface area contributed by atoms with Crippen LogP contribution in [0, 0.1) is 16.5 Å². The van der Waals surface area contributed by atoms with Gasteiger partial charge in [0.15, 0.2) is 5.02 Å². The van der Waals surface area contributed by atoms with Crippen LogP contribution in [-0.4, -0.2) is 11.1 Å². The molecule has 0 radical (unpaired) electrons. The van der Waals surface area contributed by atoms with Crippen LogP contribution in [0.25, 0.3) is 0 Å². The Labute approximate surface area is 94.1 Å². The smallest absolute Gasteiger partial charge is 0.169 e. The predicted octanol–water partition coefficient (Wildman–Crippen LogP) is 2.36. The first-order valence-electron chi connectivity index (χ1n) is 4.92. The van der Waals surface area contributed by atoms with Gasteiger partial charge >= 0.3 is 0 Å². The number of rotatable bonds is 4. The normalized spacial score (nSPS) is 11.2. The summed E-state index contributed by atoms with van der Waals surface area (Å²) in [5.41, 5.74) is 1.40. The van der Waals surface area contributed by atoms with Gasteiger partial charge in [0.25, 0.3) is 0 Å². The van der Waals surface area contributed by atoms with Gasteiger partial charge in [-0.15, -0.1) is 0 Å². The molecule has 0 saturated heterocycles. The molecule has 0 aliphatic heterocycles. The highest BCUT2D eigenvalue weighted by Gasteiger charge is 1.99. The number of nitriles is 1. The summed E-state index contributed by atoms with van der Waals surface area (Å²) in [7, 11) is 0. The summed E-state index contributed by atoms with van der Waals surface area (Å²) in [6.45, 7) is 3.72. The summed E-state index contributed by atoms with van der Waals surface area (Å²) >= 11 is 0. The van der Waals surface area contributed by atoms with Crippen molar-refractivity contribution >= 4 is 0 Å². The van der Waals surface area contributed by atoms with E-state index in [1.165, 1.54) is 0 Å². The van der Waals surface area contributed by atoms with Crippen LogP contribution < -0.4 is 0 Å². The zero-order valence-electron chi connectivity index (χ0n) is 9.25. The largest absolute Gasteiger partial charge is 0.376 e. The molecule has 0 aliphatic carbocycles. The van der Waals surface area contributed by atoms with Crippen molar-refractivity contribution in [1.29, 1.82) is 5.26 Å². The van der Waals surface area contributed by atoms with Crippen LogP contribution in [-0.2, 0) is 11.4 Å².